The van der Waals surface area contributed by atoms with Gasteiger partial charge in [0.15, 0.2) is 0 Å². The number of halogens is 3. The normalized spacial score (nSPS) is 18.4. The van der Waals surface area contributed by atoms with Crippen molar-refractivity contribution in [3.05, 3.63) is 34.9 Å². The molecule has 0 aliphatic carbocycles. The van der Waals surface area contributed by atoms with Crippen molar-refractivity contribution in [1.82, 2.24) is 19.9 Å². The number of likely N-dealkylation sites (tertiary alicyclic amines) is 1. The Morgan fingerprint density at radius 2 is 1.83 bits per heavy atom. The van der Waals surface area contributed by atoms with Crippen LogP contribution >= 0.6 is 0 Å². The molecule has 0 radical (unpaired) electrons. The standard InChI is InChI=1S/C24H33N7O4.C2HF3O2/c1-2-35-24(32)31-8-6-19(15-31)26-22-27-21(28-23(29-22)30-9-12-33-13-10-30)25-14-17-4-3-5-18-16-34-11-7-20(17)18;3-2(4,5)1(6)7/h3-5,19H,2,6-16H2,1H3,(H2,25,26,27,28,29);(H,6,7). The molecular formula is C26H34F3N7O6. The molecule has 2 fully saturated rings. The monoisotopic (exact) mass is 597 g/mol. The number of anilines is 3. The van der Waals surface area contributed by atoms with Crippen LogP contribution in [0.5, 0.6) is 0 Å². The van der Waals surface area contributed by atoms with Crippen LogP contribution in [0.15, 0.2) is 18.2 Å². The number of aliphatic carboxylic acids is 1. The zero-order chi connectivity index (χ0) is 30.1. The summed E-state index contributed by atoms with van der Waals surface area (Å²) in [6, 6.07) is 6.39. The van der Waals surface area contributed by atoms with E-state index in [4.69, 9.17) is 34.1 Å². The van der Waals surface area contributed by atoms with Gasteiger partial charge in [-0.3, -0.25) is 0 Å². The number of hydrogen-bond donors (Lipinski definition) is 3. The maximum absolute atomic E-state index is 12.1. The van der Waals surface area contributed by atoms with Gasteiger partial charge in [0.1, 0.15) is 0 Å². The van der Waals surface area contributed by atoms with Gasteiger partial charge in [-0.15, -0.1) is 0 Å². The molecule has 3 aliphatic rings. The third kappa shape index (κ3) is 8.55. The van der Waals surface area contributed by atoms with E-state index in [-0.39, 0.29) is 12.1 Å². The number of amides is 1. The molecule has 4 heterocycles. The number of carbonyl (C=O) groups excluding carboxylic acids is 1. The summed E-state index contributed by atoms with van der Waals surface area (Å²) in [4.78, 5) is 38.9. The summed E-state index contributed by atoms with van der Waals surface area (Å²) in [7, 11) is 0. The average molecular weight is 598 g/mol. The maximum atomic E-state index is 12.1. The van der Waals surface area contributed by atoms with E-state index < -0.39 is 12.1 Å². The van der Waals surface area contributed by atoms with Gasteiger partial charge in [-0.25, -0.2) is 9.59 Å². The van der Waals surface area contributed by atoms with Gasteiger partial charge >= 0.3 is 18.2 Å². The van der Waals surface area contributed by atoms with Crippen LogP contribution < -0.4 is 15.5 Å². The molecule has 1 amide bonds. The van der Waals surface area contributed by atoms with E-state index in [2.05, 4.69) is 38.7 Å². The number of nitrogens with one attached hydrogen (secondary N) is 2. The zero-order valence-electron chi connectivity index (χ0n) is 23.2. The quantitative estimate of drug-likeness (QED) is 0.430. The number of fused-ring (bicyclic) bond motifs is 1. The topological polar surface area (TPSA) is 151 Å². The second-order valence-corrected chi connectivity index (χ2v) is 9.67. The first-order valence-corrected chi connectivity index (χ1v) is 13.6. The van der Waals surface area contributed by atoms with Gasteiger partial charge in [0, 0.05) is 38.8 Å². The fraction of sp³-hybridized carbons (Fsp3) is 0.577. The van der Waals surface area contributed by atoms with Crippen LogP contribution in [0.1, 0.15) is 30.0 Å². The van der Waals surface area contributed by atoms with Crippen molar-refractivity contribution < 1.29 is 42.1 Å². The molecule has 0 bridgehead atoms. The molecule has 16 heteroatoms. The molecule has 13 nitrogen and oxygen atoms in total. The predicted octanol–water partition coefficient (Wildman–Crippen LogP) is 2.67. The van der Waals surface area contributed by atoms with Gasteiger partial charge in [0.05, 0.1) is 33.0 Å². The largest absolute Gasteiger partial charge is 0.490 e. The van der Waals surface area contributed by atoms with E-state index in [1.54, 1.807) is 4.90 Å². The molecule has 1 aromatic heterocycles. The summed E-state index contributed by atoms with van der Waals surface area (Å²) >= 11 is 0. The predicted molar refractivity (Wildman–Crippen MR) is 144 cm³/mol. The highest BCUT2D eigenvalue weighted by Crippen LogP contribution is 2.23. The van der Waals surface area contributed by atoms with E-state index >= 15 is 0 Å². The molecule has 230 valence electrons. The Balaban J connectivity index is 0.000000517. The van der Waals surface area contributed by atoms with E-state index in [9.17, 15) is 18.0 Å². The summed E-state index contributed by atoms with van der Waals surface area (Å²) in [6.07, 6.45) is -3.65. The van der Waals surface area contributed by atoms with Crippen molar-refractivity contribution in [3.8, 4) is 0 Å². The first kappa shape index (κ1) is 31.0. The second-order valence-electron chi connectivity index (χ2n) is 9.67. The third-order valence-electron chi connectivity index (χ3n) is 6.77. The average Bonchev–Trinajstić information content (AvgIpc) is 3.45. The second kappa shape index (κ2) is 14.3. The molecule has 3 aliphatic heterocycles. The highest BCUT2D eigenvalue weighted by atomic mass is 19.4. The number of carbonyl (C=O) groups is 2. The maximum Gasteiger partial charge on any atom is 0.490 e. The highest BCUT2D eigenvalue weighted by Gasteiger charge is 2.38. The lowest BCUT2D eigenvalue weighted by Gasteiger charge is -2.27. The molecule has 2 saturated heterocycles. The smallest absolute Gasteiger partial charge is 0.475 e. The Morgan fingerprint density at radius 1 is 1.10 bits per heavy atom. The molecule has 1 atom stereocenters. The minimum atomic E-state index is -5.08. The number of rotatable bonds is 7. The number of nitrogens with zero attached hydrogens (tertiary/aromatic N) is 5. The van der Waals surface area contributed by atoms with Gasteiger partial charge in [-0.2, -0.15) is 28.1 Å². The Bertz CT molecular complexity index is 1230. The molecule has 1 unspecified atom stereocenters. The summed E-state index contributed by atoms with van der Waals surface area (Å²) in [5.74, 6) is -1.11. The van der Waals surface area contributed by atoms with Crippen LogP contribution in [0.2, 0.25) is 0 Å². The highest BCUT2D eigenvalue weighted by molar-refractivity contribution is 5.73. The van der Waals surface area contributed by atoms with Gasteiger partial charge in [0.2, 0.25) is 17.8 Å². The molecular weight excluding hydrogens is 563 g/mol. The zero-order valence-corrected chi connectivity index (χ0v) is 23.2. The Labute approximate surface area is 240 Å². The van der Waals surface area contributed by atoms with Crippen molar-refractivity contribution in [3.63, 3.8) is 0 Å². The molecule has 0 saturated carbocycles. The lowest BCUT2D eigenvalue weighted by atomic mass is 9.97. The Morgan fingerprint density at radius 3 is 2.55 bits per heavy atom. The van der Waals surface area contributed by atoms with Gasteiger partial charge in [0.25, 0.3) is 0 Å². The Kier molecular flexibility index (Phi) is 10.6. The van der Waals surface area contributed by atoms with Crippen molar-refractivity contribution in [2.24, 2.45) is 0 Å². The molecule has 42 heavy (non-hydrogen) atoms. The molecule has 1 aromatic carbocycles. The fourth-order valence-corrected chi connectivity index (χ4v) is 4.69. The van der Waals surface area contributed by atoms with Crippen molar-refractivity contribution in [1.29, 1.82) is 0 Å². The molecule has 2 aromatic rings. The summed E-state index contributed by atoms with van der Waals surface area (Å²) < 4.78 is 48.0. The number of aromatic nitrogens is 3. The molecule has 5 rings (SSSR count). The number of alkyl halides is 3. The molecule has 0 spiro atoms. The number of benzene rings is 1. The number of carboxylic acids is 1. The first-order chi connectivity index (χ1) is 20.1. The van der Waals surface area contributed by atoms with E-state index in [0.29, 0.717) is 63.9 Å². The van der Waals surface area contributed by atoms with Crippen LogP contribution in [-0.4, -0.2) is 102 Å². The fourth-order valence-electron chi connectivity index (χ4n) is 4.69. The van der Waals surface area contributed by atoms with Gasteiger partial charge in [-0.05, 0) is 36.5 Å². The lowest BCUT2D eigenvalue weighted by Crippen LogP contribution is -2.38. The van der Waals surface area contributed by atoms with E-state index in [1.165, 1.54) is 16.7 Å². The summed E-state index contributed by atoms with van der Waals surface area (Å²) in [5, 5.41) is 13.9. The number of ether oxygens (including phenoxy) is 3. The van der Waals surface area contributed by atoms with Crippen molar-refractivity contribution in [2.45, 2.75) is 45.1 Å². The minimum absolute atomic E-state index is 0.0494. The van der Waals surface area contributed by atoms with Crippen LogP contribution in [-0.2, 0) is 38.6 Å². The lowest BCUT2D eigenvalue weighted by molar-refractivity contribution is -0.192. The minimum Gasteiger partial charge on any atom is -0.475 e. The van der Waals surface area contributed by atoms with Crippen LogP contribution in [0, 0.1) is 0 Å². The van der Waals surface area contributed by atoms with Crippen molar-refractivity contribution in [2.75, 3.05) is 68.1 Å². The van der Waals surface area contributed by atoms with E-state index in [1.807, 2.05) is 6.92 Å². The van der Waals surface area contributed by atoms with Crippen LogP contribution in [0.3, 0.4) is 0 Å². The number of hydrogen-bond acceptors (Lipinski definition) is 11. The van der Waals surface area contributed by atoms with Crippen LogP contribution in [0.25, 0.3) is 0 Å². The van der Waals surface area contributed by atoms with Crippen LogP contribution in [0.4, 0.5) is 35.8 Å². The van der Waals surface area contributed by atoms with Gasteiger partial charge < -0.3 is 39.8 Å². The number of carboxylic acid groups (broad SMARTS) is 1. The number of morpholine rings is 1. The Hall–Kier alpha value is -3.92. The van der Waals surface area contributed by atoms with Crippen molar-refractivity contribution >= 4 is 29.9 Å². The summed E-state index contributed by atoms with van der Waals surface area (Å²) in [6.45, 7) is 8.16. The molecule has 3 N–H and O–H groups in total. The summed E-state index contributed by atoms with van der Waals surface area (Å²) in [5.41, 5.74) is 3.82. The van der Waals surface area contributed by atoms with Gasteiger partial charge in [-0.1, -0.05) is 18.2 Å². The van der Waals surface area contributed by atoms with E-state index in [0.717, 1.165) is 32.5 Å². The SMILES string of the molecule is CCOC(=O)N1CCC(Nc2nc(NCc3cccc4c3CCOC4)nc(N3CCOCC3)n2)C1.O=C(O)C(F)(F)F. The first-order valence-electron chi connectivity index (χ1n) is 13.6. The third-order valence-corrected chi connectivity index (χ3v) is 6.77.